The van der Waals surface area contributed by atoms with Crippen LogP contribution in [0.3, 0.4) is 0 Å². The smallest absolute Gasteiger partial charge is 0.152 e. The molecular weight excluding hydrogens is 287 g/mol. The average molecular weight is 299 g/mol. The molecule has 0 unspecified atom stereocenters. The molecule has 90 valence electrons. The maximum Gasteiger partial charge on any atom is 0.152 e. The molecule has 1 N–H and O–H groups in total. The van der Waals surface area contributed by atoms with Crippen LogP contribution in [-0.2, 0) is 13.6 Å². The van der Waals surface area contributed by atoms with Gasteiger partial charge in [-0.25, -0.2) is 4.39 Å². The molecule has 0 saturated carbocycles. The van der Waals surface area contributed by atoms with Crippen LogP contribution in [0.2, 0.25) is 0 Å². The highest BCUT2D eigenvalue weighted by Crippen LogP contribution is 2.23. The molecule has 1 heterocycles. The predicted octanol–water partition coefficient (Wildman–Crippen LogP) is 2.64. The van der Waals surface area contributed by atoms with Crippen molar-refractivity contribution in [3.63, 3.8) is 0 Å². The molecule has 0 atom stereocenters. The van der Waals surface area contributed by atoms with E-state index in [2.05, 4.69) is 31.4 Å². The molecular formula is C11H12BrFN4. The number of nitrogens with one attached hydrogen (secondary N) is 1. The van der Waals surface area contributed by atoms with Crippen molar-refractivity contribution in [2.24, 2.45) is 7.05 Å². The average Bonchev–Trinajstić information content (AvgIpc) is 2.62. The molecule has 0 bridgehead atoms. The van der Waals surface area contributed by atoms with Crippen molar-refractivity contribution in [3.8, 4) is 0 Å². The normalized spacial score (nSPS) is 10.6. The zero-order valence-electron chi connectivity index (χ0n) is 9.54. The lowest BCUT2D eigenvalue weighted by atomic mass is 10.3. The highest BCUT2D eigenvalue weighted by Gasteiger charge is 2.06. The highest BCUT2D eigenvalue weighted by molar-refractivity contribution is 9.10. The van der Waals surface area contributed by atoms with Crippen molar-refractivity contribution in [1.29, 1.82) is 0 Å². The van der Waals surface area contributed by atoms with E-state index in [-0.39, 0.29) is 5.82 Å². The van der Waals surface area contributed by atoms with Crippen molar-refractivity contribution in [2.45, 2.75) is 13.5 Å². The van der Waals surface area contributed by atoms with Gasteiger partial charge < -0.3 is 9.88 Å². The summed E-state index contributed by atoms with van der Waals surface area (Å²) in [5.74, 6) is 1.38. The summed E-state index contributed by atoms with van der Waals surface area (Å²) in [5.41, 5.74) is 0.700. The molecule has 0 aliphatic heterocycles. The summed E-state index contributed by atoms with van der Waals surface area (Å²) in [4.78, 5) is 0. The fourth-order valence-electron chi connectivity index (χ4n) is 1.41. The van der Waals surface area contributed by atoms with E-state index in [1.807, 2.05) is 18.5 Å². The zero-order chi connectivity index (χ0) is 12.4. The van der Waals surface area contributed by atoms with E-state index in [1.54, 1.807) is 6.07 Å². The molecule has 1 aromatic carbocycles. The molecule has 2 rings (SSSR count). The van der Waals surface area contributed by atoms with Gasteiger partial charge >= 0.3 is 0 Å². The number of aryl methyl sites for hydroxylation is 1. The van der Waals surface area contributed by atoms with Crippen LogP contribution in [0, 0.1) is 12.7 Å². The van der Waals surface area contributed by atoms with Crippen LogP contribution >= 0.6 is 15.9 Å². The van der Waals surface area contributed by atoms with Gasteiger partial charge in [0.25, 0.3) is 0 Å². The molecule has 0 amide bonds. The maximum absolute atomic E-state index is 13.1. The Bertz CT molecular complexity index is 538. The van der Waals surface area contributed by atoms with Crippen LogP contribution in [-0.4, -0.2) is 14.8 Å². The lowest BCUT2D eigenvalue weighted by Gasteiger charge is -2.08. The Morgan fingerprint density at radius 1 is 1.41 bits per heavy atom. The lowest BCUT2D eigenvalue weighted by Crippen LogP contribution is -2.07. The van der Waals surface area contributed by atoms with Crippen molar-refractivity contribution >= 4 is 21.6 Å². The first kappa shape index (κ1) is 12.0. The molecule has 0 fully saturated rings. The van der Waals surface area contributed by atoms with E-state index < -0.39 is 0 Å². The molecule has 0 aliphatic rings. The Morgan fingerprint density at radius 2 is 2.18 bits per heavy atom. The summed E-state index contributed by atoms with van der Waals surface area (Å²) >= 11 is 3.36. The first-order valence-electron chi connectivity index (χ1n) is 5.11. The van der Waals surface area contributed by atoms with Crippen molar-refractivity contribution < 1.29 is 4.39 Å². The second-order valence-corrected chi connectivity index (χ2v) is 4.55. The summed E-state index contributed by atoms with van der Waals surface area (Å²) in [7, 11) is 1.90. The lowest BCUT2D eigenvalue weighted by molar-refractivity contribution is 0.628. The Morgan fingerprint density at radius 3 is 2.82 bits per heavy atom. The van der Waals surface area contributed by atoms with Crippen molar-refractivity contribution in [2.75, 3.05) is 5.32 Å². The van der Waals surface area contributed by atoms with Gasteiger partial charge in [-0.3, -0.25) is 0 Å². The molecule has 0 aliphatic carbocycles. The molecule has 6 heteroatoms. The van der Waals surface area contributed by atoms with Gasteiger partial charge in [-0.05, 0) is 41.1 Å². The third-order valence-corrected chi connectivity index (χ3v) is 3.24. The Kier molecular flexibility index (Phi) is 3.42. The van der Waals surface area contributed by atoms with Gasteiger partial charge in [0.2, 0.25) is 0 Å². The number of anilines is 1. The van der Waals surface area contributed by atoms with E-state index in [9.17, 15) is 4.39 Å². The molecule has 17 heavy (non-hydrogen) atoms. The SMILES string of the molecule is Cc1nnc(CNc2cc(F)ccc2Br)n1C. The summed E-state index contributed by atoms with van der Waals surface area (Å²) in [6.45, 7) is 2.38. The van der Waals surface area contributed by atoms with Gasteiger partial charge in [0.15, 0.2) is 5.82 Å². The van der Waals surface area contributed by atoms with E-state index >= 15 is 0 Å². The number of benzene rings is 1. The topological polar surface area (TPSA) is 42.7 Å². The number of hydrogen-bond acceptors (Lipinski definition) is 3. The minimum Gasteiger partial charge on any atom is -0.377 e. The molecule has 0 spiro atoms. The zero-order valence-corrected chi connectivity index (χ0v) is 11.1. The van der Waals surface area contributed by atoms with Crippen LogP contribution in [0.1, 0.15) is 11.6 Å². The van der Waals surface area contributed by atoms with Crippen LogP contribution in [0.15, 0.2) is 22.7 Å². The fraction of sp³-hybridized carbons (Fsp3) is 0.273. The number of hydrogen-bond donors (Lipinski definition) is 1. The first-order chi connectivity index (χ1) is 8.08. The van der Waals surface area contributed by atoms with Crippen LogP contribution in [0.5, 0.6) is 0 Å². The monoisotopic (exact) mass is 298 g/mol. The third-order valence-electron chi connectivity index (χ3n) is 2.55. The fourth-order valence-corrected chi connectivity index (χ4v) is 1.80. The summed E-state index contributed by atoms with van der Waals surface area (Å²) in [6.07, 6.45) is 0. The predicted molar refractivity (Wildman–Crippen MR) is 67.2 cm³/mol. The Hall–Kier alpha value is -1.43. The second kappa shape index (κ2) is 4.83. The minimum atomic E-state index is -0.273. The summed E-state index contributed by atoms with van der Waals surface area (Å²) in [6, 6.07) is 4.51. The minimum absolute atomic E-state index is 0.273. The molecule has 1 aromatic heterocycles. The van der Waals surface area contributed by atoms with Gasteiger partial charge in [-0.2, -0.15) is 0 Å². The van der Waals surface area contributed by atoms with Gasteiger partial charge in [0.1, 0.15) is 11.6 Å². The number of rotatable bonds is 3. The maximum atomic E-state index is 13.1. The molecule has 4 nitrogen and oxygen atoms in total. The summed E-state index contributed by atoms with van der Waals surface area (Å²) in [5, 5.41) is 11.1. The number of halogens is 2. The largest absolute Gasteiger partial charge is 0.377 e. The standard InChI is InChI=1S/C11H12BrFN4/c1-7-15-16-11(17(7)2)6-14-10-5-8(13)3-4-9(10)12/h3-5,14H,6H2,1-2H3. The number of aromatic nitrogens is 3. The summed E-state index contributed by atoms with van der Waals surface area (Å²) < 4.78 is 15.8. The van der Waals surface area contributed by atoms with Crippen molar-refractivity contribution in [1.82, 2.24) is 14.8 Å². The molecule has 0 radical (unpaired) electrons. The molecule has 2 aromatic rings. The van der Waals surface area contributed by atoms with Crippen LogP contribution < -0.4 is 5.32 Å². The molecule has 0 saturated heterocycles. The van der Waals surface area contributed by atoms with E-state index in [4.69, 9.17) is 0 Å². The Balaban J connectivity index is 2.12. The second-order valence-electron chi connectivity index (χ2n) is 3.70. The Labute approximate surface area is 107 Å². The van der Waals surface area contributed by atoms with Gasteiger partial charge in [0, 0.05) is 11.5 Å². The van der Waals surface area contributed by atoms with Gasteiger partial charge in [-0.15, -0.1) is 10.2 Å². The van der Waals surface area contributed by atoms with E-state index in [0.717, 1.165) is 16.1 Å². The van der Waals surface area contributed by atoms with Crippen LogP contribution in [0.4, 0.5) is 10.1 Å². The van der Waals surface area contributed by atoms with Crippen LogP contribution in [0.25, 0.3) is 0 Å². The van der Waals surface area contributed by atoms with Crippen molar-refractivity contribution in [3.05, 3.63) is 40.1 Å². The first-order valence-corrected chi connectivity index (χ1v) is 5.91. The quantitative estimate of drug-likeness (QED) is 0.947. The highest BCUT2D eigenvalue weighted by atomic mass is 79.9. The third kappa shape index (κ3) is 2.63. The van der Waals surface area contributed by atoms with Gasteiger partial charge in [-0.1, -0.05) is 0 Å². The van der Waals surface area contributed by atoms with E-state index in [0.29, 0.717) is 12.2 Å². The van der Waals surface area contributed by atoms with E-state index in [1.165, 1.54) is 12.1 Å². The van der Waals surface area contributed by atoms with Gasteiger partial charge in [0.05, 0.1) is 12.2 Å². The number of nitrogens with zero attached hydrogens (tertiary/aromatic N) is 3.